The molecule has 0 aliphatic carbocycles. The fourth-order valence-corrected chi connectivity index (χ4v) is 4.14. The van der Waals surface area contributed by atoms with Crippen molar-refractivity contribution in [1.82, 2.24) is 25.1 Å². The predicted molar refractivity (Wildman–Crippen MR) is 111 cm³/mol. The third-order valence-corrected chi connectivity index (χ3v) is 5.70. The smallest absolute Gasteiger partial charge is 0.280 e. The van der Waals surface area contributed by atoms with Gasteiger partial charge < -0.3 is 10.6 Å². The molecule has 0 radical (unpaired) electrons. The van der Waals surface area contributed by atoms with Crippen LogP contribution in [-0.2, 0) is 11.0 Å². The van der Waals surface area contributed by atoms with Crippen molar-refractivity contribution < 1.29 is 0 Å². The van der Waals surface area contributed by atoms with Gasteiger partial charge in [0.1, 0.15) is 5.52 Å². The van der Waals surface area contributed by atoms with Gasteiger partial charge >= 0.3 is 0 Å². The lowest BCUT2D eigenvalue weighted by molar-refractivity contribution is 0.494. The van der Waals surface area contributed by atoms with Crippen molar-refractivity contribution in [2.24, 2.45) is 0 Å². The number of H-pyrrole nitrogens is 1. The molecule has 3 heterocycles. The van der Waals surface area contributed by atoms with Crippen LogP contribution in [0.2, 0.25) is 5.02 Å². The molecule has 0 spiro atoms. The molecular weight excluding hydrogens is 467 g/mol. The van der Waals surface area contributed by atoms with E-state index in [0.29, 0.717) is 23.5 Å². The first-order chi connectivity index (χ1) is 12.6. The van der Waals surface area contributed by atoms with E-state index in [1.54, 1.807) is 0 Å². The third-order valence-electron chi connectivity index (χ3n) is 4.51. The van der Waals surface area contributed by atoms with E-state index in [4.69, 9.17) is 11.6 Å². The van der Waals surface area contributed by atoms with Gasteiger partial charge in [0.15, 0.2) is 5.52 Å². The zero-order chi connectivity index (χ0) is 18.1. The molecule has 1 aliphatic heterocycles. The van der Waals surface area contributed by atoms with Gasteiger partial charge in [-0.25, -0.2) is 4.98 Å². The van der Waals surface area contributed by atoms with Gasteiger partial charge in [-0.1, -0.05) is 46.3 Å². The highest BCUT2D eigenvalue weighted by molar-refractivity contribution is 14.1. The Hall–Kier alpha value is -1.65. The van der Waals surface area contributed by atoms with Crippen molar-refractivity contribution in [3.8, 4) is 0 Å². The largest absolute Gasteiger partial charge is 0.352 e. The molecule has 136 valence electrons. The first-order valence-electron chi connectivity index (χ1n) is 8.41. The summed E-state index contributed by atoms with van der Waals surface area (Å²) >= 11 is 8.45. The molecule has 1 saturated heterocycles. The number of nitrogens with zero attached hydrogens (tertiary/aromatic N) is 3. The van der Waals surface area contributed by atoms with Crippen LogP contribution >= 0.6 is 34.2 Å². The predicted octanol–water partition coefficient (Wildman–Crippen LogP) is 2.85. The lowest BCUT2D eigenvalue weighted by atomic mass is 10.1. The van der Waals surface area contributed by atoms with Crippen LogP contribution in [0.15, 0.2) is 29.2 Å². The Morgan fingerprint density at radius 3 is 3.08 bits per heavy atom. The average molecular weight is 485 g/mol. The number of aromatic amines is 1. The van der Waals surface area contributed by atoms with E-state index >= 15 is 0 Å². The molecule has 1 fully saturated rings. The van der Waals surface area contributed by atoms with Crippen molar-refractivity contribution in [1.29, 1.82) is 0 Å². The van der Waals surface area contributed by atoms with E-state index < -0.39 is 0 Å². The van der Waals surface area contributed by atoms with Crippen molar-refractivity contribution in [2.45, 2.75) is 23.4 Å². The highest BCUT2D eigenvalue weighted by Gasteiger charge is 2.19. The monoisotopic (exact) mass is 484 g/mol. The van der Waals surface area contributed by atoms with E-state index in [2.05, 4.69) is 54.4 Å². The number of aromatic nitrogens is 4. The van der Waals surface area contributed by atoms with Gasteiger partial charge in [-0.05, 0) is 30.2 Å². The third kappa shape index (κ3) is 3.58. The van der Waals surface area contributed by atoms with Crippen molar-refractivity contribution in [3.05, 3.63) is 50.9 Å². The van der Waals surface area contributed by atoms with Crippen LogP contribution < -0.4 is 16.2 Å². The normalized spacial score (nSPS) is 17.1. The van der Waals surface area contributed by atoms with E-state index in [-0.39, 0.29) is 11.6 Å². The number of anilines is 1. The van der Waals surface area contributed by atoms with Gasteiger partial charge in [-0.15, -0.1) is 0 Å². The van der Waals surface area contributed by atoms with Crippen LogP contribution in [0.5, 0.6) is 0 Å². The summed E-state index contributed by atoms with van der Waals surface area (Å²) in [6, 6.07) is 6.20. The Bertz CT molecular complexity index is 995. The molecule has 4 rings (SSSR count). The van der Waals surface area contributed by atoms with Crippen LogP contribution in [0.25, 0.3) is 11.0 Å². The van der Waals surface area contributed by atoms with E-state index in [0.717, 1.165) is 40.1 Å². The maximum absolute atomic E-state index is 12.3. The van der Waals surface area contributed by atoms with E-state index in [1.807, 2.05) is 23.0 Å². The van der Waals surface area contributed by atoms with Crippen LogP contribution in [0, 0.1) is 0 Å². The number of nitrogens with one attached hydrogen (secondary N) is 3. The zero-order valence-electron chi connectivity index (χ0n) is 13.9. The lowest BCUT2D eigenvalue weighted by Gasteiger charge is -2.07. The minimum absolute atomic E-state index is 0.230. The Morgan fingerprint density at radius 1 is 1.42 bits per heavy atom. The maximum atomic E-state index is 12.3. The van der Waals surface area contributed by atoms with Crippen LogP contribution in [0.1, 0.15) is 23.6 Å². The summed E-state index contributed by atoms with van der Waals surface area (Å²) in [4.78, 5) is 19.6. The average Bonchev–Trinajstić information content (AvgIpc) is 3.30. The quantitative estimate of drug-likeness (QED) is 0.383. The second-order valence-corrected chi connectivity index (χ2v) is 7.49. The van der Waals surface area contributed by atoms with Crippen LogP contribution in [0.3, 0.4) is 0 Å². The second kappa shape index (κ2) is 7.53. The fourth-order valence-electron chi connectivity index (χ4n) is 3.10. The summed E-state index contributed by atoms with van der Waals surface area (Å²) < 4.78 is 2.70. The van der Waals surface area contributed by atoms with Gasteiger partial charge in [0, 0.05) is 22.5 Å². The fraction of sp³-hybridized carbons (Fsp3) is 0.353. The molecule has 0 saturated carbocycles. The topological polar surface area (TPSA) is 87.6 Å². The summed E-state index contributed by atoms with van der Waals surface area (Å²) in [5, 5.41) is 11.7. The molecule has 1 aliphatic rings. The van der Waals surface area contributed by atoms with E-state index in [9.17, 15) is 4.79 Å². The summed E-state index contributed by atoms with van der Waals surface area (Å²) in [6.45, 7) is 2.39. The SMILES string of the molecule is O=c1[nH]c(NCc2ccc(Cl)c(CI)c2)nc2cn(C3CCNC3)nc12. The van der Waals surface area contributed by atoms with Crippen LogP contribution in [-0.4, -0.2) is 32.8 Å². The Morgan fingerprint density at radius 2 is 2.31 bits per heavy atom. The van der Waals surface area contributed by atoms with Crippen molar-refractivity contribution in [2.75, 3.05) is 18.4 Å². The highest BCUT2D eigenvalue weighted by Crippen LogP contribution is 2.21. The number of hydrogen-bond acceptors (Lipinski definition) is 5. The Balaban J connectivity index is 1.56. The number of alkyl halides is 1. The molecule has 9 heteroatoms. The van der Waals surface area contributed by atoms with Crippen LogP contribution in [0.4, 0.5) is 5.95 Å². The number of fused-ring (bicyclic) bond motifs is 1. The molecule has 3 aromatic rings. The van der Waals surface area contributed by atoms with Crippen molar-refractivity contribution in [3.63, 3.8) is 0 Å². The zero-order valence-corrected chi connectivity index (χ0v) is 16.8. The Labute approximate surface area is 168 Å². The molecule has 1 unspecified atom stereocenters. The molecule has 0 bridgehead atoms. The summed E-state index contributed by atoms with van der Waals surface area (Å²) in [5.41, 5.74) is 2.92. The second-order valence-electron chi connectivity index (χ2n) is 6.32. The molecule has 2 aromatic heterocycles. The molecular formula is C17H18ClIN6O. The summed E-state index contributed by atoms with van der Waals surface area (Å²) in [6.07, 6.45) is 2.86. The molecule has 1 atom stereocenters. The lowest BCUT2D eigenvalue weighted by Crippen LogP contribution is -2.15. The number of hydrogen-bond donors (Lipinski definition) is 3. The summed E-state index contributed by atoms with van der Waals surface area (Å²) in [7, 11) is 0. The minimum Gasteiger partial charge on any atom is -0.352 e. The minimum atomic E-state index is -0.230. The molecule has 7 nitrogen and oxygen atoms in total. The number of benzene rings is 1. The van der Waals surface area contributed by atoms with Gasteiger partial charge in [-0.3, -0.25) is 14.5 Å². The number of halogens is 2. The Kier molecular flexibility index (Phi) is 5.14. The maximum Gasteiger partial charge on any atom is 0.280 e. The molecule has 26 heavy (non-hydrogen) atoms. The van der Waals surface area contributed by atoms with Gasteiger partial charge in [0.2, 0.25) is 5.95 Å². The first-order valence-corrected chi connectivity index (χ1v) is 10.3. The summed E-state index contributed by atoms with van der Waals surface area (Å²) in [5.74, 6) is 0.442. The first kappa shape index (κ1) is 17.7. The molecule has 0 amide bonds. The number of rotatable bonds is 5. The van der Waals surface area contributed by atoms with E-state index in [1.165, 1.54) is 0 Å². The van der Waals surface area contributed by atoms with Gasteiger partial charge in [0.25, 0.3) is 5.56 Å². The molecule has 1 aromatic carbocycles. The van der Waals surface area contributed by atoms with Gasteiger partial charge in [0.05, 0.1) is 12.2 Å². The standard InChI is InChI=1S/C17H18ClIN6O/c18-13-2-1-10(5-11(13)6-19)7-21-17-22-14-9-25(12-3-4-20-8-12)24-15(14)16(26)23-17/h1-2,5,9,12,20H,3-4,6-8H2,(H2,21,22,23,26). The highest BCUT2D eigenvalue weighted by atomic mass is 127. The van der Waals surface area contributed by atoms with Gasteiger partial charge in [-0.2, -0.15) is 5.10 Å². The molecule has 3 N–H and O–H groups in total. The van der Waals surface area contributed by atoms with Crippen molar-refractivity contribution >= 4 is 51.2 Å².